The lowest BCUT2D eigenvalue weighted by Gasteiger charge is -2.25. The standard InChI is InChI=1S/C23H23F3N4O3/c1-33-21-19(16(26)10-30-20(21)17(11-2-3-11)22(31)28-23(30)32)29-7-6-12(9-29)18(27)14-5-4-13(24)8-15(14)25/h4-5,8,10-12,18H,2-3,6-7,9,27H2,1H3,(H,28,31,32). The maximum Gasteiger partial charge on any atom is 0.333 e. The summed E-state index contributed by atoms with van der Waals surface area (Å²) in [6.07, 6.45) is 3.21. The number of nitrogens with two attached hydrogens (primary N) is 1. The van der Waals surface area contributed by atoms with Crippen LogP contribution in [-0.2, 0) is 0 Å². The van der Waals surface area contributed by atoms with Crippen molar-refractivity contribution in [3.8, 4) is 5.75 Å². The second-order valence-corrected chi connectivity index (χ2v) is 8.71. The Balaban J connectivity index is 1.57. The van der Waals surface area contributed by atoms with Gasteiger partial charge >= 0.3 is 5.69 Å². The molecule has 5 rings (SSSR count). The second-order valence-electron chi connectivity index (χ2n) is 8.71. The Morgan fingerprint density at radius 2 is 1.91 bits per heavy atom. The highest BCUT2D eigenvalue weighted by Gasteiger charge is 2.36. The summed E-state index contributed by atoms with van der Waals surface area (Å²) in [5.41, 5.74) is 6.08. The molecule has 3 heterocycles. The number of nitrogens with zero attached hydrogens (tertiary/aromatic N) is 2. The molecular formula is C23H23F3N4O3. The van der Waals surface area contributed by atoms with E-state index in [9.17, 15) is 18.4 Å². The summed E-state index contributed by atoms with van der Waals surface area (Å²) in [5, 5.41) is 0. The highest BCUT2D eigenvalue weighted by molar-refractivity contribution is 5.78. The minimum atomic E-state index is -0.740. The monoisotopic (exact) mass is 460 g/mol. The van der Waals surface area contributed by atoms with Crippen molar-refractivity contribution in [1.82, 2.24) is 9.38 Å². The van der Waals surface area contributed by atoms with Crippen LogP contribution < -0.4 is 26.6 Å². The van der Waals surface area contributed by atoms with E-state index in [1.54, 1.807) is 4.90 Å². The maximum absolute atomic E-state index is 15.3. The van der Waals surface area contributed by atoms with E-state index in [0.29, 0.717) is 25.1 Å². The lowest BCUT2D eigenvalue weighted by Crippen LogP contribution is -2.31. The number of benzene rings is 1. The molecule has 1 aromatic carbocycles. The lowest BCUT2D eigenvalue weighted by molar-refractivity contribution is 0.411. The summed E-state index contributed by atoms with van der Waals surface area (Å²) in [6, 6.07) is 2.57. The van der Waals surface area contributed by atoms with Gasteiger partial charge in [-0.15, -0.1) is 0 Å². The number of hydrogen-bond donors (Lipinski definition) is 2. The van der Waals surface area contributed by atoms with Crippen LogP contribution in [0.5, 0.6) is 5.75 Å². The Kier molecular flexibility index (Phi) is 5.19. The van der Waals surface area contributed by atoms with Gasteiger partial charge in [-0.25, -0.2) is 18.0 Å². The van der Waals surface area contributed by atoms with Gasteiger partial charge in [0.2, 0.25) is 0 Å². The van der Waals surface area contributed by atoms with Gasteiger partial charge in [-0.3, -0.25) is 14.2 Å². The van der Waals surface area contributed by atoms with Crippen molar-refractivity contribution in [3.63, 3.8) is 0 Å². The zero-order chi connectivity index (χ0) is 23.4. The number of aromatic nitrogens is 2. The van der Waals surface area contributed by atoms with Crippen LogP contribution in [-0.4, -0.2) is 29.6 Å². The van der Waals surface area contributed by atoms with Gasteiger partial charge in [0.05, 0.1) is 13.3 Å². The topological polar surface area (TPSA) is 92.8 Å². The first kappa shape index (κ1) is 21.6. The molecule has 0 amide bonds. The van der Waals surface area contributed by atoms with Crippen molar-refractivity contribution in [2.24, 2.45) is 11.7 Å². The van der Waals surface area contributed by atoms with Crippen molar-refractivity contribution in [2.45, 2.75) is 31.2 Å². The highest BCUT2D eigenvalue weighted by Crippen LogP contribution is 2.45. The largest absolute Gasteiger partial charge is 0.492 e. The van der Waals surface area contributed by atoms with Crippen LogP contribution in [0.3, 0.4) is 0 Å². The Hall–Kier alpha value is -3.27. The lowest BCUT2D eigenvalue weighted by atomic mass is 9.93. The van der Waals surface area contributed by atoms with Crippen LogP contribution in [0.15, 0.2) is 34.0 Å². The number of methoxy groups -OCH3 is 1. The number of halogens is 3. The van der Waals surface area contributed by atoms with Gasteiger partial charge in [-0.1, -0.05) is 6.07 Å². The van der Waals surface area contributed by atoms with Crippen LogP contribution in [0, 0.1) is 23.4 Å². The molecule has 2 aromatic heterocycles. The fourth-order valence-corrected chi connectivity index (χ4v) is 4.86. The van der Waals surface area contributed by atoms with Crippen LogP contribution in [0.1, 0.15) is 42.3 Å². The van der Waals surface area contributed by atoms with E-state index in [4.69, 9.17) is 10.5 Å². The summed E-state index contributed by atoms with van der Waals surface area (Å²) < 4.78 is 49.5. The smallest absolute Gasteiger partial charge is 0.333 e. The number of anilines is 1. The molecule has 2 aliphatic rings. The molecule has 33 heavy (non-hydrogen) atoms. The average Bonchev–Trinajstić information content (AvgIpc) is 3.48. The van der Waals surface area contributed by atoms with E-state index in [1.807, 2.05) is 0 Å². The Bertz CT molecular complexity index is 1370. The molecule has 7 nitrogen and oxygen atoms in total. The van der Waals surface area contributed by atoms with Crippen LogP contribution >= 0.6 is 0 Å². The molecule has 2 unspecified atom stereocenters. The first-order chi connectivity index (χ1) is 15.8. The van der Waals surface area contributed by atoms with E-state index in [2.05, 4.69) is 4.98 Å². The zero-order valence-corrected chi connectivity index (χ0v) is 17.9. The average molecular weight is 460 g/mol. The third kappa shape index (κ3) is 3.58. The fraction of sp³-hybridized carbons (Fsp3) is 0.391. The third-order valence-electron chi connectivity index (χ3n) is 6.64. The molecule has 2 atom stereocenters. The normalized spacial score (nSPS) is 19.3. The molecule has 1 aliphatic heterocycles. The number of pyridine rings is 1. The van der Waals surface area contributed by atoms with Gasteiger partial charge in [0.1, 0.15) is 22.8 Å². The zero-order valence-electron chi connectivity index (χ0n) is 17.9. The van der Waals surface area contributed by atoms with Crippen LogP contribution in [0.25, 0.3) is 5.52 Å². The number of aromatic amines is 1. The van der Waals surface area contributed by atoms with Crippen molar-refractivity contribution < 1.29 is 17.9 Å². The first-order valence-corrected chi connectivity index (χ1v) is 10.8. The molecule has 2 fully saturated rings. The predicted octanol–water partition coefficient (Wildman–Crippen LogP) is 2.82. The van der Waals surface area contributed by atoms with Crippen LogP contribution in [0.2, 0.25) is 0 Å². The van der Waals surface area contributed by atoms with Crippen molar-refractivity contribution in [3.05, 3.63) is 73.8 Å². The number of H-pyrrole nitrogens is 1. The van der Waals surface area contributed by atoms with E-state index >= 15 is 4.39 Å². The fourth-order valence-electron chi connectivity index (χ4n) is 4.86. The van der Waals surface area contributed by atoms with E-state index in [1.165, 1.54) is 13.2 Å². The molecule has 0 radical (unpaired) electrons. The molecular weight excluding hydrogens is 437 g/mol. The molecule has 174 valence electrons. The number of rotatable bonds is 5. The molecule has 10 heteroatoms. The number of nitrogens with one attached hydrogen (secondary N) is 1. The highest BCUT2D eigenvalue weighted by atomic mass is 19.1. The van der Waals surface area contributed by atoms with E-state index < -0.39 is 34.7 Å². The quantitative estimate of drug-likeness (QED) is 0.611. The van der Waals surface area contributed by atoms with Gasteiger partial charge < -0.3 is 15.4 Å². The summed E-state index contributed by atoms with van der Waals surface area (Å²) in [6.45, 7) is 0.713. The SMILES string of the molecule is COc1c(N2CCC(C(N)c3ccc(F)cc3F)C2)c(F)cn2c(=O)[nH]c(=O)c(C3CC3)c12. The Morgan fingerprint density at radius 3 is 2.58 bits per heavy atom. The summed E-state index contributed by atoms with van der Waals surface area (Å²) in [5.74, 6) is -2.22. The minimum Gasteiger partial charge on any atom is -0.492 e. The van der Waals surface area contributed by atoms with E-state index in [-0.39, 0.29) is 34.4 Å². The molecule has 0 bridgehead atoms. The van der Waals surface area contributed by atoms with Crippen molar-refractivity contribution in [1.29, 1.82) is 0 Å². The third-order valence-corrected chi connectivity index (χ3v) is 6.64. The molecule has 3 N–H and O–H groups in total. The summed E-state index contributed by atoms with van der Waals surface area (Å²) in [7, 11) is 1.37. The Morgan fingerprint density at radius 1 is 1.15 bits per heavy atom. The summed E-state index contributed by atoms with van der Waals surface area (Å²) in [4.78, 5) is 29.0. The molecule has 0 spiro atoms. The van der Waals surface area contributed by atoms with Gasteiger partial charge in [-0.2, -0.15) is 0 Å². The predicted molar refractivity (Wildman–Crippen MR) is 116 cm³/mol. The molecule has 1 saturated heterocycles. The van der Waals surface area contributed by atoms with Gasteiger partial charge in [0.15, 0.2) is 11.6 Å². The minimum absolute atomic E-state index is 0.0160. The number of ether oxygens (including phenoxy) is 1. The van der Waals surface area contributed by atoms with Gasteiger partial charge in [0.25, 0.3) is 5.56 Å². The first-order valence-electron chi connectivity index (χ1n) is 10.8. The van der Waals surface area contributed by atoms with Gasteiger partial charge in [-0.05, 0) is 37.2 Å². The molecule has 1 aliphatic carbocycles. The number of fused-ring (bicyclic) bond motifs is 1. The summed E-state index contributed by atoms with van der Waals surface area (Å²) >= 11 is 0. The van der Waals surface area contributed by atoms with Crippen LogP contribution in [0.4, 0.5) is 18.9 Å². The molecule has 3 aromatic rings. The Labute approximate surface area is 186 Å². The van der Waals surface area contributed by atoms with Crippen molar-refractivity contribution in [2.75, 3.05) is 25.1 Å². The second kappa shape index (κ2) is 7.95. The van der Waals surface area contributed by atoms with Crippen molar-refractivity contribution >= 4 is 11.2 Å². The van der Waals surface area contributed by atoms with E-state index in [0.717, 1.165) is 35.6 Å². The van der Waals surface area contributed by atoms with Gasteiger partial charge in [0, 0.05) is 36.3 Å². The number of hydrogen-bond acceptors (Lipinski definition) is 5. The molecule has 1 saturated carbocycles. The maximum atomic E-state index is 15.3.